The molecule has 0 fully saturated rings. The molecule has 3 aromatic rings. The molecule has 0 bridgehead atoms. The number of nitriles is 1. The third-order valence-electron chi connectivity index (χ3n) is 4.02. The van der Waals surface area contributed by atoms with Crippen LogP contribution in [0.1, 0.15) is 25.1 Å². The molecule has 0 saturated heterocycles. The highest BCUT2D eigenvalue weighted by atomic mass is 16.1. The number of carbonyl (C=O) groups is 1. The van der Waals surface area contributed by atoms with Crippen molar-refractivity contribution in [2.45, 2.75) is 26.4 Å². The van der Waals surface area contributed by atoms with E-state index >= 15 is 0 Å². The molecule has 1 aromatic carbocycles. The molecule has 1 amide bonds. The van der Waals surface area contributed by atoms with E-state index in [2.05, 4.69) is 15.4 Å². The number of carbonyl (C=O) groups excluding carboxylic acids is 1. The summed E-state index contributed by atoms with van der Waals surface area (Å²) in [6.45, 7) is 4.28. The van der Waals surface area contributed by atoms with Gasteiger partial charge in [-0.2, -0.15) is 10.4 Å². The van der Waals surface area contributed by atoms with Crippen LogP contribution >= 0.6 is 0 Å². The van der Waals surface area contributed by atoms with Crippen molar-refractivity contribution < 1.29 is 4.79 Å². The number of nitrogens with zero attached hydrogens (tertiary/aromatic N) is 4. The smallest absolute Gasteiger partial charge is 0.262 e. The van der Waals surface area contributed by atoms with Crippen LogP contribution in [0.15, 0.2) is 66.6 Å². The third kappa shape index (κ3) is 4.71. The Labute approximate surface area is 164 Å². The molecule has 0 atom stereocenters. The molecule has 140 valence electrons. The highest BCUT2D eigenvalue weighted by molar-refractivity contribution is 6.02. The molecule has 1 N–H and O–H groups in total. The van der Waals surface area contributed by atoms with Gasteiger partial charge in [-0.15, -0.1) is 0 Å². The number of amides is 1. The van der Waals surface area contributed by atoms with E-state index in [1.54, 1.807) is 17.1 Å². The van der Waals surface area contributed by atoms with Gasteiger partial charge in [-0.25, -0.2) is 0 Å². The molecule has 0 aliphatic heterocycles. The van der Waals surface area contributed by atoms with Crippen molar-refractivity contribution in [3.63, 3.8) is 0 Å². The lowest BCUT2D eigenvalue weighted by Gasteiger charge is -2.06. The number of pyridine rings is 1. The Kier molecular flexibility index (Phi) is 5.97. The molecule has 0 saturated carbocycles. The van der Waals surface area contributed by atoms with Crippen LogP contribution < -0.4 is 5.32 Å². The van der Waals surface area contributed by atoms with Crippen LogP contribution in [0.4, 0.5) is 0 Å². The highest BCUT2D eigenvalue weighted by Crippen LogP contribution is 2.24. The molecule has 6 heteroatoms. The number of hydrogen-bond donors (Lipinski definition) is 1. The van der Waals surface area contributed by atoms with Crippen LogP contribution in [0, 0.1) is 11.3 Å². The van der Waals surface area contributed by atoms with Crippen molar-refractivity contribution >= 4 is 12.0 Å². The zero-order valence-corrected chi connectivity index (χ0v) is 15.8. The second-order valence-corrected chi connectivity index (χ2v) is 6.65. The molecule has 6 nitrogen and oxygen atoms in total. The lowest BCUT2D eigenvalue weighted by molar-refractivity contribution is -0.117. The summed E-state index contributed by atoms with van der Waals surface area (Å²) in [7, 11) is 0. The number of benzene rings is 1. The molecule has 28 heavy (non-hydrogen) atoms. The van der Waals surface area contributed by atoms with Gasteiger partial charge in [-0.05, 0) is 31.6 Å². The van der Waals surface area contributed by atoms with E-state index in [0.717, 1.165) is 16.7 Å². The maximum Gasteiger partial charge on any atom is 0.262 e. The van der Waals surface area contributed by atoms with E-state index in [-0.39, 0.29) is 11.6 Å². The van der Waals surface area contributed by atoms with E-state index < -0.39 is 5.91 Å². The summed E-state index contributed by atoms with van der Waals surface area (Å²) < 4.78 is 1.80. The predicted octanol–water partition coefficient (Wildman–Crippen LogP) is 3.42. The first-order valence-electron chi connectivity index (χ1n) is 9.01. The van der Waals surface area contributed by atoms with E-state index in [1.165, 1.54) is 6.08 Å². The third-order valence-corrected chi connectivity index (χ3v) is 4.02. The zero-order valence-electron chi connectivity index (χ0n) is 15.8. The minimum absolute atomic E-state index is 0.0174. The molecule has 0 unspecified atom stereocenters. The summed E-state index contributed by atoms with van der Waals surface area (Å²) >= 11 is 0. The fraction of sp³-hybridized carbons (Fsp3) is 0.182. The summed E-state index contributed by atoms with van der Waals surface area (Å²) in [4.78, 5) is 16.5. The van der Waals surface area contributed by atoms with Crippen LogP contribution in [-0.4, -0.2) is 26.7 Å². The van der Waals surface area contributed by atoms with Gasteiger partial charge in [-0.1, -0.05) is 36.4 Å². The van der Waals surface area contributed by atoms with Crippen molar-refractivity contribution in [3.05, 3.63) is 77.9 Å². The summed E-state index contributed by atoms with van der Waals surface area (Å²) in [5.41, 5.74) is 3.36. The molecule has 0 spiro atoms. The van der Waals surface area contributed by atoms with Gasteiger partial charge in [0.2, 0.25) is 0 Å². The second-order valence-electron chi connectivity index (χ2n) is 6.65. The summed E-state index contributed by atoms with van der Waals surface area (Å²) in [5, 5.41) is 16.8. The van der Waals surface area contributed by atoms with Crippen LogP contribution in [0.3, 0.4) is 0 Å². The van der Waals surface area contributed by atoms with Gasteiger partial charge in [0.1, 0.15) is 11.6 Å². The van der Waals surface area contributed by atoms with E-state index in [4.69, 9.17) is 0 Å². The first-order chi connectivity index (χ1) is 13.6. The Morgan fingerprint density at radius 2 is 2.04 bits per heavy atom. The zero-order chi connectivity index (χ0) is 19.9. The van der Waals surface area contributed by atoms with Crippen molar-refractivity contribution in [1.29, 1.82) is 5.26 Å². The van der Waals surface area contributed by atoms with Gasteiger partial charge in [0.25, 0.3) is 5.91 Å². The SMILES string of the molecule is CC(C)NC(=O)/C(C#N)=C\c1nn(Cc2ccccc2)cc1-c1cccnc1. The normalized spacial score (nSPS) is 11.3. The number of hydrogen-bond acceptors (Lipinski definition) is 4. The van der Waals surface area contributed by atoms with Gasteiger partial charge in [0, 0.05) is 35.8 Å². The quantitative estimate of drug-likeness (QED) is 0.531. The van der Waals surface area contributed by atoms with Gasteiger partial charge < -0.3 is 5.32 Å². The van der Waals surface area contributed by atoms with Crippen molar-refractivity contribution in [3.8, 4) is 17.2 Å². The van der Waals surface area contributed by atoms with Gasteiger partial charge in [0.05, 0.1) is 12.2 Å². The van der Waals surface area contributed by atoms with Crippen LogP contribution in [-0.2, 0) is 11.3 Å². The van der Waals surface area contributed by atoms with E-state index in [9.17, 15) is 10.1 Å². The van der Waals surface area contributed by atoms with Crippen molar-refractivity contribution in [1.82, 2.24) is 20.1 Å². The second kappa shape index (κ2) is 8.78. The molecule has 0 radical (unpaired) electrons. The number of rotatable bonds is 6. The molecule has 2 aromatic heterocycles. The Morgan fingerprint density at radius 1 is 1.25 bits per heavy atom. The van der Waals surface area contributed by atoms with Gasteiger partial charge in [0.15, 0.2) is 0 Å². The molecule has 3 rings (SSSR count). The minimum Gasteiger partial charge on any atom is -0.349 e. The predicted molar refractivity (Wildman–Crippen MR) is 108 cm³/mol. The maximum atomic E-state index is 12.3. The first-order valence-corrected chi connectivity index (χ1v) is 9.01. The summed E-state index contributed by atoms with van der Waals surface area (Å²) in [5.74, 6) is -0.410. The molecular weight excluding hydrogens is 350 g/mol. The van der Waals surface area contributed by atoms with Gasteiger partial charge in [-0.3, -0.25) is 14.5 Å². The lowest BCUT2D eigenvalue weighted by Crippen LogP contribution is -2.30. The molecule has 0 aliphatic rings. The number of nitrogens with one attached hydrogen (secondary N) is 1. The molecular formula is C22H21N5O. The Balaban J connectivity index is 2.02. The average molecular weight is 371 g/mol. The highest BCUT2D eigenvalue weighted by Gasteiger charge is 2.15. The Morgan fingerprint density at radius 3 is 2.68 bits per heavy atom. The minimum atomic E-state index is -0.410. The molecule has 0 aliphatic carbocycles. The van der Waals surface area contributed by atoms with Crippen LogP contribution in [0.25, 0.3) is 17.2 Å². The summed E-state index contributed by atoms with van der Waals surface area (Å²) in [6, 6.07) is 15.7. The maximum absolute atomic E-state index is 12.3. The standard InChI is InChI=1S/C22H21N5O/c1-16(2)25-22(28)19(12-23)11-21-20(18-9-6-10-24-13-18)15-27(26-21)14-17-7-4-3-5-8-17/h3-11,13,15-16H,14H2,1-2H3,(H,25,28)/b19-11-. The van der Waals surface area contributed by atoms with Gasteiger partial charge >= 0.3 is 0 Å². The number of aromatic nitrogens is 3. The monoisotopic (exact) mass is 371 g/mol. The largest absolute Gasteiger partial charge is 0.349 e. The topological polar surface area (TPSA) is 83.6 Å². The van der Waals surface area contributed by atoms with Crippen LogP contribution in [0.5, 0.6) is 0 Å². The van der Waals surface area contributed by atoms with E-state index in [0.29, 0.717) is 12.2 Å². The Bertz CT molecular complexity index is 1010. The van der Waals surface area contributed by atoms with Crippen molar-refractivity contribution in [2.75, 3.05) is 0 Å². The lowest BCUT2D eigenvalue weighted by atomic mass is 10.1. The fourth-order valence-corrected chi connectivity index (χ4v) is 2.76. The van der Waals surface area contributed by atoms with Crippen molar-refractivity contribution in [2.24, 2.45) is 0 Å². The van der Waals surface area contributed by atoms with E-state index in [1.807, 2.05) is 68.6 Å². The average Bonchev–Trinajstić information content (AvgIpc) is 3.09. The fourth-order valence-electron chi connectivity index (χ4n) is 2.76. The summed E-state index contributed by atoms with van der Waals surface area (Å²) in [6.07, 6.45) is 6.87. The molecule has 2 heterocycles. The first kappa shape index (κ1) is 19.1. The Hall–Kier alpha value is -3.72. The van der Waals surface area contributed by atoms with Crippen LogP contribution in [0.2, 0.25) is 0 Å².